The number of carbonyl (C=O) groups excluding carboxylic acids is 6. The van der Waals surface area contributed by atoms with Gasteiger partial charge in [-0.25, -0.2) is 24.0 Å². The number of esters is 6. The Hall–Kier alpha value is -9.11. The number of aliphatic hydroxyl groups is 1. The number of fused-ring (bicyclic) bond motifs is 3. The van der Waals surface area contributed by atoms with E-state index in [2.05, 4.69) is 0 Å². The molecule has 0 spiro atoms. The van der Waals surface area contributed by atoms with Gasteiger partial charge in [-0.15, -0.1) is 0 Å². The molecular formula is C41H30O27. The normalized spacial score (nSPS) is 24.3. The fourth-order valence-electron chi connectivity index (χ4n) is 8.04. The summed E-state index contributed by atoms with van der Waals surface area (Å²) in [5, 5.41) is 137. The van der Waals surface area contributed by atoms with Crippen LogP contribution in [-0.4, -0.2) is 152 Å². The van der Waals surface area contributed by atoms with Crippen LogP contribution in [0.5, 0.6) is 69.0 Å². The molecule has 68 heavy (non-hydrogen) atoms. The molecule has 8 rings (SSSR count). The number of hydrogen-bond donors (Lipinski definition) is 13. The summed E-state index contributed by atoms with van der Waals surface area (Å²) in [5.41, 5.74) is -7.08. The maximum Gasteiger partial charge on any atom is 0.341 e. The molecule has 27 heteroatoms. The number of benzene rings is 4. The summed E-state index contributed by atoms with van der Waals surface area (Å²) in [5.74, 6) is -32.0. The number of rotatable bonds is 4. The number of aliphatic hydroxyl groups excluding tert-OH is 1. The minimum absolute atomic E-state index is 0.361. The van der Waals surface area contributed by atoms with Gasteiger partial charge >= 0.3 is 41.8 Å². The molecule has 4 aromatic rings. The highest BCUT2D eigenvalue weighted by Crippen LogP contribution is 2.54. The Morgan fingerprint density at radius 1 is 0.588 bits per heavy atom. The van der Waals surface area contributed by atoms with Crippen molar-refractivity contribution in [2.24, 2.45) is 5.92 Å². The molecule has 13 N–H and O–H groups in total. The summed E-state index contributed by atoms with van der Waals surface area (Å²) in [7, 11) is 0. The van der Waals surface area contributed by atoms with Gasteiger partial charge < -0.3 is 99.5 Å². The lowest BCUT2D eigenvalue weighted by Crippen LogP contribution is -2.63. The summed E-state index contributed by atoms with van der Waals surface area (Å²) >= 11 is 0. The Kier molecular flexibility index (Phi) is 11.0. The van der Waals surface area contributed by atoms with Gasteiger partial charge in [0.15, 0.2) is 70.1 Å². The largest absolute Gasteiger partial charge is 0.504 e. The van der Waals surface area contributed by atoms with Crippen molar-refractivity contribution in [2.45, 2.75) is 49.1 Å². The maximum atomic E-state index is 14.6. The third-order valence-corrected chi connectivity index (χ3v) is 11.2. The number of carbonyl (C=O) groups is 7. The Morgan fingerprint density at radius 3 is 1.69 bits per heavy atom. The molecule has 0 unspecified atom stereocenters. The van der Waals surface area contributed by atoms with Gasteiger partial charge in [-0.05, 0) is 30.3 Å². The molecule has 8 atom stereocenters. The van der Waals surface area contributed by atoms with Crippen LogP contribution in [0.1, 0.15) is 59.3 Å². The third-order valence-electron chi connectivity index (χ3n) is 11.2. The average Bonchev–Trinajstić information content (AvgIpc) is 3.28. The molecule has 4 aliphatic heterocycles. The number of cyclic esters (lactones) is 1. The lowest BCUT2D eigenvalue weighted by Gasteiger charge is -2.44. The average molecular weight is 955 g/mol. The van der Waals surface area contributed by atoms with Crippen molar-refractivity contribution in [3.8, 4) is 80.1 Å². The highest BCUT2D eigenvalue weighted by Gasteiger charge is 2.58. The van der Waals surface area contributed by atoms with Crippen LogP contribution in [-0.2, 0) is 42.8 Å². The van der Waals surface area contributed by atoms with Gasteiger partial charge in [-0.1, -0.05) is 0 Å². The molecule has 27 nitrogen and oxygen atoms in total. The zero-order valence-corrected chi connectivity index (χ0v) is 33.4. The quantitative estimate of drug-likeness (QED) is 0.0554. The van der Waals surface area contributed by atoms with Gasteiger partial charge in [0.2, 0.25) is 29.6 Å². The zero-order valence-electron chi connectivity index (χ0n) is 33.4. The minimum atomic E-state index is -2.58. The van der Waals surface area contributed by atoms with Gasteiger partial charge in [-0.2, -0.15) is 0 Å². The van der Waals surface area contributed by atoms with E-state index in [1.807, 2.05) is 0 Å². The van der Waals surface area contributed by atoms with Crippen LogP contribution in [0.25, 0.3) is 11.1 Å². The Labute approximate surface area is 374 Å². The van der Waals surface area contributed by atoms with E-state index in [4.69, 9.17) is 33.2 Å². The monoisotopic (exact) mass is 954 g/mol. The predicted molar refractivity (Wildman–Crippen MR) is 206 cm³/mol. The van der Waals surface area contributed by atoms with Crippen LogP contribution in [0.15, 0.2) is 30.3 Å². The van der Waals surface area contributed by atoms with Gasteiger partial charge in [0.05, 0.1) is 34.6 Å². The predicted octanol–water partition coefficient (Wildman–Crippen LogP) is -0.00170. The molecule has 1 saturated heterocycles. The van der Waals surface area contributed by atoms with Crippen LogP contribution in [0, 0.1) is 5.92 Å². The first-order chi connectivity index (χ1) is 32.0. The summed E-state index contributed by atoms with van der Waals surface area (Å²) in [6, 6.07) is 2.36. The number of carboxylic acid groups (broad SMARTS) is 1. The van der Waals surface area contributed by atoms with E-state index in [0.717, 1.165) is 0 Å². The lowest BCUT2D eigenvalue weighted by atomic mass is 9.76. The Morgan fingerprint density at radius 2 is 1.10 bits per heavy atom. The zero-order chi connectivity index (χ0) is 49.5. The molecule has 0 radical (unpaired) electrons. The second kappa shape index (κ2) is 16.4. The number of ether oxygens (including phenoxy) is 7. The van der Waals surface area contributed by atoms with Crippen LogP contribution < -0.4 is 4.74 Å². The summed E-state index contributed by atoms with van der Waals surface area (Å²) in [6.07, 6.45) is -16.3. The topological polar surface area (TPSA) is 447 Å². The maximum absolute atomic E-state index is 14.6. The fourth-order valence-corrected chi connectivity index (χ4v) is 8.04. The van der Waals surface area contributed by atoms with Gasteiger partial charge in [0, 0.05) is 22.6 Å². The van der Waals surface area contributed by atoms with Crippen molar-refractivity contribution in [1.82, 2.24) is 0 Å². The van der Waals surface area contributed by atoms with Crippen molar-refractivity contribution in [3.63, 3.8) is 0 Å². The molecule has 356 valence electrons. The minimum Gasteiger partial charge on any atom is -0.504 e. The molecule has 4 aromatic carbocycles. The molecule has 0 amide bonds. The molecule has 4 heterocycles. The standard InChI is InChI=1S/C41H30O27/c42-13-1-8(2-14(43)24(13)49)35(56)68-41-34-33-31(64-39(60)12(6-19(47)48)22-23-11(38(59)67-34)5-17(46)27(52)32(23)65-40(61)30(22)55)18(63-41)7-62-36(57)9-3-15(44)25(50)28(53)20(9)21-10(37(58)66-33)4-16(45)26(51)29(21)54/h1-5,12,18,22,30-31,33-34,41-46,49-55H,6-7H2,(H,47,48)/t12-,18+,22-,30-,31-,33-,34+,41-/m0/s1. The van der Waals surface area contributed by atoms with Crippen molar-refractivity contribution in [2.75, 3.05) is 6.61 Å². The van der Waals surface area contributed by atoms with E-state index < -0.39 is 211 Å². The molecule has 4 aliphatic rings. The van der Waals surface area contributed by atoms with E-state index in [1.165, 1.54) is 0 Å². The number of phenolic OH excluding ortho intramolecular Hbond substituents is 11. The number of carboxylic acids is 1. The summed E-state index contributed by atoms with van der Waals surface area (Å²) < 4.78 is 38.8. The summed E-state index contributed by atoms with van der Waals surface area (Å²) in [6.45, 7) is -1.31. The highest BCUT2D eigenvalue weighted by molar-refractivity contribution is 6.08. The fraction of sp³-hybridized carbons (Fsp3) is 0.244. The number of hydrogen-bond acceptors (Lipinski definition) is 26. The van der Waals surface area contributed by atoms with Crippen LogP contribution >= 0.6 is 0 Å². The first-order valence-corrected chi connectivity index (χ1v) is 19.2. The van der Waals surface area contributed by atoms with Gasteiger partial charge in [-0.3, -0.25) is 9.59 Å². The molecule has 1 fully saturated rings. The SMILES string of the molecule is O=C(O)C[C@@H]1C(=O)O[C@@H]2[C@@H]3OC(=O)c4cc(O)c(O)c(O)c4-c4c(cc(O)c(O)c4O)C(=O)OC[C@H]2O[C@@H](OC(=O)c2cc(O)c(O)c(O)c2)[C@@H]3OC(=O)c2cc(O)c(O)c3c2[C@H]1[C@H](O)C(=O)O3. The number of aromatic hydroxyl groups is 11. The van der Waals surface area contributed by atoms with Crippen LogP contribution in [0.2, 0.25) is 0 Å². The third kappa shape index (κ3) is 7.31. The van der Waals surface area contributed by atoms with Crippen molar-refractivity contribution < 1.29 is 133 Å². The second-order valence-electron chi connectivity index (χ2n) is 15.2. The number of aliphatic carboxylic acids is 1. The Balaban J connectivity index is 1.39. The Bertz CT molecular complexity index is 2900. The number of phenols is 11. The van der Waals surface area contributed by atoms with E-state index in [9.17, 15) is 99.9 Å². The first kappa shape index (κ1) is 45.5. The van der Waals surface area contributed by atoms with Gasteiger partial charge in [0.1, 0.15) is 12.7 Å². The molecule has 0 aromatic heterocycles. The molecular weight excluding hydrogens is 924 g/mol. The second-order valence-corrected chi connectivity index (χ2v) is 15.2. The van der Waals surface area contributed by atoms with Crippen LogP contribution in [0.3, 0.4) is 0 Å². The molecule has 0 saturated carbocycles. The molecule has 4 bridgehead atoms. The van der Waals surface area contributed by atoms with Crippen LogP contribution in [0.4, 0.5) is 0 Å². The lowest BCUT2D eigenvalue weighted by molar-refractivity contribution is -0.287. The van der Waals surface area contributed by atoms with E-state index in [1.54, 1.807) is 0 Å². The molecule has 0 aliphatic carbocycles. The smallest absolute Gasteiger partial charge is 0.341 e. The highest BCUT2D eigenvalue weighted by atomic mass is 16.7. The van der Waals surface area contributed by atoms with E-state index in [0.29, 0.717) is 30.3 Å². The van der Waals surface area contributed by atoms with Crippen molar-refractivity contribution in [1.29, 1.82) is 0 Å². The first-order valence-electron chi connectivity index (χ1n) is 19.2. The van der Waals surface area contributed by atoms with E-state index >= 15 is 0 Å². The summed E-state index contributed by atoms with van der Waals surface area (Å²) in [4.78, 5) is 96.8. The van der Waals surface area contributed by atoms with Crippen molar-refractivity contribution in [3.05, 3.63) is 58.1 Å². The van der Waals surface area contributed by atoms with Gasteiger partial charge in [0.25, 0.3) is 0 Å². The van der Waals surface area contributed by atoms with E-state index in [-0.39, 0.29) is 0 Å². The van der Waals surface area contributed by atoms with Crippen molar-refractivity contribution >= 4 is 41.8 Å².